The Bertz CT molecular complexity index is 2030. The molecule has 1 unspecified atom stereocenters. The van der Waals surface area contributed by atoms with E-state index in [1.165, 1.54) is 16.2 Å². The molecule has 13 heteroatoms. The molecule has 4 aromatic heterocycles. The third-order valence-electron chi connectivity index (χ3n) is 11.8. The summed E-state index contributed by atoms with van der Waals surface area (Å²) in [5.74, 6) is 1.74. The summed E-state index contributed by atoms with van der Waals surface area (Å²) in [5.41, 5.74) is 12.4. The lowest BCUT2D eigenvalue weighted by Gasteiger charge is -2.39. The molecule has 1 spiro atoms. The molecule has 12 nitrogen and oxygen atoms in total. The first-order valence-electron chi connectivity index (χ1n) is 18.0. The van der Waals surface area contributed by atoms with Crippen LogP contribution in [0.25, 0.3) is 22.9 Å². The number of nitrogens with one attached hydrogen (secondary N) is 1. The Labute approximate surface area is 294 Å². The van der Waals surface area contributed by atoms with Gasteiger partial charge in [-0.05, 0) is 102 Å². The molecule has 4 aromatic rings. The number of aromatic nitrogens is 4. The fourth-order valence-electron chi connectivity index (χ4n) is 9.35. The molecule has 9 rings (SSSR count). The highest BCUT2D eigenvalue weighted by atomic mass is 32.1. The van der Waals surface area contributed by atoms with E-state index in [0.29, 0.717) is 65.9 Å². The molecule has 0 aromatic carbocycles. The number of likely N-dealkylation sites (N-methyl/N-ethyl adjacent to an activating group) is 1. The summed E-state index contributed by atoms with van der Waals surface area (Å²) in [6.45, 7) is 5.00. The molecule has 260 valence electrons. The number of fused-ring (bicyclic) bond motifs is 7. The monoisotopic (exact) mass is 694 g/mol. The van der Waals surface area contributed by atoms with Gasteiger partial charge < -0.3 is 29.6 Å². The molecular weight excluding hydrogens is 653 g/mol. The van der Waals surface area contributed by atoms with Crippen molar-refractivity contribution in [1.29, 1.82) is 5.26 Å². The van der Waals surface area contributed by atoms with E-state index in [1.54, 1.807) is 0 Å². The molecule has 0 bridgehead atoms. The standard InChI is InChI=1S/C37H42N8O4S/c1-20(25-7-5-15-44(25)2)48-36-23-11-16-45-26(9-10-27(45)35(46)40-21-12-17-47-19-21)30(23)41-34(42-36)31-22-6-3-13-37(32(22)49-43-31)14-4-8-28-29(37)24(18-38)33(39)50-28/h9-10,20-21,25H,3-8,11-17,19,39H2,1-2H3,(H,40,46)/t20-,21-,25-,37?/m0/s1. The lowest BCUT2D eigenvalue weighted by molar-refractivity contribution is 0.0920. The summed E-state index contributed by atoms with van der Waals surface area (Å²) in [6, 6.07) is 6.59. The van der Waals surface area contributed by atoms with Gasteiger partial charge in [-0.25, -0.2) is 4.98 Å². The van der Waals surface area contributed by atoms with Gasteiger partial charge in [0.1, 0.15) is 22.9 Å². The maximum absolute atomic E-state index is 13.4. The highest BCUT2D eigenvalue weighted by Crippen LogP contribution is 2.55. The average Bonchev–Trinajstić information content (AvgIpc) is 3.95. The summed E-state index contributed by atoms with van der Waals surface area (Å²) in [5, 5.41) is 18.6. The van der Waals surface area contributed by atoms with Gasteiger partial charge in [0, 0.05) is 35.2 Å². The minimum atomic E-state index is -0.442. The minimum Gasteiger partial charge on any atom is -0.473 e. The van der Waals surface area contributed by atoms with E-state index < -0.39 is 5.41 Å². The third kappa shape index (κ3) is 4.90. The second kappa shape index (κ2) is 12.2. The minimum absolute atomic E-state index is 0.0188. The van der Waals surface area contributed by atoms with Gasteiger partial charge in [0.2, 0.25) is 5.88 Å². The summed E-state index contributed by atoms with van der Waals surface area (Å²) < 4.78 is 20.7. The Morgan fingerprint density at radius 3 is 2.78 bits per heavy atom. The van der Waals surface area contributed by atoms with Crippen molar-refractivity contribution in [2.45, 2.75) is 101 Å². The molecular formula is C37H42N8O4S. The number of aryl methyl sites for hydroxylation is 1. The Morgan fingerprint density at radius 2 is 2.00 bits per heavy atom. The highest BCUT2D eigenvalue weighted by molar-refractivity contribution is 7.16. The van der Waals surface area contributed by atoms with Crippen molar-refractivity contribution in [2.75, 3.05) is 32.5 Å². The lowest BCUT2D eigenvalue weighted by atomic mass is 9.63. The predicted octanol–water partition coefficient (Wildman–Crippen LogP) is 5.01. The topological polar surface area (TPSA) is 157 Å². The summed E-state index contributed by atoms with van der Waals surface area (Å²) in [4.78, 5) is 27.3. The van der Waals surface area contributed by atoms with Crippen molar-refractivity contribution in [1.82, 2.24) is 29.9 Å². The first-order valence-corrected chi connectivity index (χ1v) is 18.9. The average molecular weight is 695 g/mol. The zero-order valence-electron chi connectivity index (χ0n) is 28.6. The molecule has 3 N–H and O–H groups in total. The number of hydrogen-bond donors (Lipinski definition) is 2. The van der Waals surface area contributed by atoms with Crippen molar-refractivity contribution in [3.63, 3.8) is 0 Å². The second-order valence-corrected chi connectivity index (χ2v) is 15.7. The van der Waals surface area contributed by atoms with Crippen LogP contribution in [0.15, 0.2) is 16.7 Å². The summed E-state index contributed by atoms with van der Waals surface area (Å²) >= 11 is 1.54. The SMILES string of the molecule is C[C@H](Oc1nc(-c2noc3c2CCCC32CCCc3sc(N)c(C#N)c32)nc2c1CCn1c(C(=O)N[C@H]3CCOC3)ccc1-2)[C@@H]1CCCN1C. The largest absolute Gasteiger partial charge is 0.473 e. The summed E-state index contributed by atoms with van der Waals surface area (Å²) in [6.07, 6.45) is 8.95. The fraction of sp³-hybridized carbons (Fsp3) is 0.541. The van der Waals surface area contributed by atoms with Crippen molar-refractivity contribution >= 4 is 22.2 Å². The Balaban J connectivity index is 1.15. The van der Waals surface area contributed by atoms with Crippen molar-refractivity contribution in [3.8, 4) is 34.9 Å². The van der Waals surface area contributed by atoms with Crippen LogP contribution in [0, 0.1) is 11.3 Å². The van der Waals surface area contributed by atoms with Crippen LogP contribution in [0.4, 0.5) is 5.00 Å². The van der Waals surface area contributed by atoms with Gasteiger partial charge in [-0.2, -0.15) is 10.2 Å². The smallest absolute Gasteiger partial charge is 0.268 e. The second-order valence-electron chi connectivity index (χ2n) is 14.6. The first-order chi connectivity index (χ1) is 24.4. The van der Waals surface area contributed by atoms with Gasteiger partial charge in [0.15, 0.2) is 17.3 Å². The number of carbonyl (C=O) groups excluding carboxylic acids is 1. The lowest BCUT2D eigenvalue weighted by Crippen LogP contribution is -2.38. The maximum atomic E-state index is 13.4. The van der Waals surface area contributed by atoms with Crippen LogP contribution in [-0.4, -0.2) is 75.5 Å². The van der Waals surface area contributed by atoms with Gasteiger partial charge in [0.25, 0.3) is 5.91 Å². The van der Waals surface area contributed by atoms with Crippen molar-refractivity contribution in [2.24, 2.45) is 0 Å². The molecule has 50 heavy (non-hydrogen) atoms. The molecule has 5 aliphatic rings. The van der Waals surface area contributed by atoms with Gasteiger partial charge in [-0.15, -0.1) is 11.3 Å². The molecule has 7 heterocycles. The molecule has 4 atom stereocenters. The number of nitrogen functional groups attached to an aromatic ring is 1. The third-order valence-corrected chi connectivity index (χ3v) is 12.8. The fourth-order valence-corrected chi connectivity index (χ4v) is 10.5. The van der Waals surface area contributed by atoms with E-state index in [-0.39, 0.29) is 18.1 Å². The zero-order chi connectivity index (χ0) is 34.1. The maximum Gasteiger partial charge on any atom is 0.268 e. The Hall–Kier alpha value is -4.25. The van der Waals surface area contributed by atoms with E-state index in [4.69, 9.17) is 34.9 Å². The van der Waals surface area contributed by atoms with E-state index in [0.717, 1.165) is 98.2 Å². The molecule has 0 saturated carbocycles. The number of rotatable bonds is 6. The Morgan fingerprint density at radius 1 is 1.14 bits per heavy atom. The number of carbonyl (C=O) groups is 1. The highest BCUT2D eigenvalue weighted by Gasteiger charge is 2.49. The molecule has 1 amide bonds. The van der Waals surface area contributed by atoms with Gasteiger partial charge in [0.05, 0.1) is 35.0 Å². The van der Waals surface area contributed by atoms with Gasteiger partial charge >= 0.3 is 0 Å². The van der Waals surface area contributed by atoms with Crippen LogP contribution in [0.3, 0.4) is 0 Å². The van der Waals surface area contributed by atoms with Crippen LogP contribution in [-0.2, 0) is 36.0 Å². The number of likely N-dealkylation sites (tertiary alicyclic amines) is 1. The number of anilines is 1. The predicted molar refractivity (Wildman–Crippen MR) is 187 cm³/mol. The first kappa shape index (κ1) is 31.7. The van der Waals surface area contributed by atoms with Crippen LogP contribution >= 0.6 is 11.3 Å². The number of nitrogens with zero attached hydrogens (tertiary/aromatic N) is 6. The van der Waals surface area contributed by atoms with Crippen LogP contribution in [0.2, 0.25) is 0 Å². The van der Waals surface area contributed by atoms with Gasteiger partial charge in [-0.1, -0.05) is 5.16 Å². The van der Waals surface area contributed by atoms with Crippen LogP contribution in [0.5, 0.6) is 5.88 Å². The number of nitriles is 1. The van der Waals surface area contributed by atoms with E-state index in [2.05, 4.69) is 34.8 Å². The molecule has 2 fully saturated rings. The number of nitrogens with two attached hydrogens (primary N) is 1. The number of thiophene rings is 1. The van der Waals surface area contributed by atoms with Crippen molar-refractivity contribution < 1.29 is 18.8 Å². The molecule has 2 saturated heterocycles. The normalized spacial score (nSPS) is 24.7. The number of amides is 1. The van der Waals surface area contributed by atoms with E-state index in [9.17, 15) is 10.1 Å². The number of ether oxygens (including phenoxy) is 2. The van der Waals surface area contributed by atoms with E-state index in [1.807, 2.05) is 12.1 Å². The van der Waals surface area contributed by atoms with E-state index >= 15 is 0 Å². The van der Waals surface area contributed by atoms with Crippen molar-refractivity contribution in [3.05, 3.63) is 50.7 Å². The van der Waals surface area contributed by atoms with Crippen LogP contribution in [0.1, 0.15) is 95.2 Å². The molecule has 2 aliphatic carbocycles. The summed E-state index contributed by atoms with van der Waals surface area (Å²) in [7, 11) is 2.16. The Kier molecular flexibility index (Phi) is 7.75. The quantitative estimate of drug-likeness (QED) is 0.281. The molecule has 3 aliphatic heterocycles. The zero-order valence-corrected chi connectivity index (χ0v) is 29.4. The van der Waals surface area contributed by atoms with Crippen LogP contribution < -0.4 is 15.8 Å². The molecule has 0 radical (unpaired) electrons. The number of hydrogen-bond acceptors (Lipinski definition) is 11. The van der Waals surface area contributed by atoms with Gasteiger partial charge in [-0.3, -0.25) is 9.69 Å².